The van der Waals surface area contributed by atoms with Crippen molar-refractivity contribution >= 4 is 11.9 Å². The largest absolute Gasteiger partial charge is 0.489 e. The third-order valence-corrected chi connectivity index (χ3v) is 5.37. The molecule has 164 valence electrons. The lowest BCUT2D eigenvalue weighted by atomic mass is 10.1. The lowest BCUT2D eigenvalue weighted by Crippen LogP contribution is -2.40. The summed E-state index contributed by atoms with van der Waals surface area (Å²) in [5, 5.41) is 6.69. The Hall–Kier alpha value is -3.28. The van der Waals surface area contributed by atoms with Crippen LogP contribution >= 0.6 is 0 Å². The number of likely N-dealkylation sites (tertiary alicyclic amines) is 1. The van der Waals surface area contributed by atoms with Gasteiger partial charge in [0, 0.05) is 51.1 Å². The number of hydrogen-bond donors (Lipinski definition) is 2. The molecule has 0 aromatic heterocycles. The lowest BCUT2D eigenvalue weighted by Gasteiger charge is -2.18. The molecule has 0 saturated carbocycles. The number of guanidine groups is 1. The second-order valence-corrected chi connectivity index (χ2v) is 7.66. The molecule has 1 atom stereocenters. The maximum atomic E-state index is 12.4. The number of nitrogens with one attached hydrogen (secondary N) is 2. The number of nitrogens with zero attached hydrogens (tertiary/aromatic N) is 2. The fourth-order valence-electron chi connectivity index (χ4n) is 3.70. The van der Waals surface area contributed by atoms with Crippen LogP contribution in [-0.2, 0) is 17.8 Å². The maximum Gasteiger partial charge on any atom is 0.223 e. The smallest absolute Gasteiger partial charge is 0.223 e. The van der Waals surface area contributed by atoms with Crippen molar-refractivity contribution in [3.05, 3.63) is 78.4 Å². The number of amides is 1. The predicted octanol–water partition coefficient (Wildman–Crippen LogP) is 3.01. The summed E-state index contributed by atoms with van der Waals surface area (Å²) in [6.07, 6.45) is 3.21. The van der Waals surface area contributed by atoms with E-state index in [1.54, 1.807) is 13.1 Å². The molecule has 2 N–H and O–H groups in total. The maximum absolute atomic E-state index is 12.4. The number of aliphatic imine (C=N–C) groups is 1. The van der Waals surface area contributed by atoms with Crippen LogP contribution < -0.4 is 15.4 Å². The molecule has 1 unspecified atom stereocenters. The highest BCUT2D eigenvalue weighted by atomic mass is 16.5. The van der Waals surface area contributed by atoms with E-state index in [0.717, 1.165) is 30.8 Å². The van der Waals surface area contributed by atoms with Crippen LogP contribution in [0.2, 0.25) is 0 Å². The Labute approximate surface area is 185 Å². The zero-order valence-corrected chi connectivity index (χ0v) is 18.2. The Bertz CT molecular complexity index is 882. The minimum Gasteiger partial charge on any atom is -0.489 e. The van der Waals surface area contributed by atoms with Crippen molar-refractivity contribution in [1.82, 2.24) is 15.5 Å². The number of ether oxygens (including phenoxy) is 1. The van der Waals surface area contributed by atoms with E-state index < -0.39 is 0 Å². The van der Waals surface area contributed by atoms with E-state index in [1.807, 2.05) is 47.4 Å². The molecule has 2 aromatic rings. The Morgan fingerprint density at radius 3 is 2.74 bits per heavy atom. The standard InChI is InChI=1S/C25H32N4O2/c1-3-15-31-23-12-8-7-11-22(23)18-28-25(26-2)27-17-21-16-24(30)29(19-21)14-13-20-9-5-4-6-10-20/h3-12,21H,1,13-19H2,2H3,(H2,26,27,28). The van der Waals surface area contributed by atoms with E-state index in [0.29, 0.717) is 32.1 Å². The Morgan fingerprint density at radius 1 is 1.19 bits per heavy atom. The average Bonchev–Trinajstić information content (AvgIpc) is 3.17. The monoisotopic (exact) mass is 420 g/mol. The summed E-state index contributed by atoms with van der Waals surface area (Å²) in [5.74, 6) is 2.07. The molecule has 0 bridgehead atoms. The van der Waals surface area contributed by atoms with Crippen molar-refractivity contribution < 1.29 is 9.53 Å². The van der Waals surface area contributed by atoms with Gasteiger partial charge in [0.25, 0.3) is 0 Å². The summed E-state index contributed by atoms with van der Waals surface area (Å²) in [7, 11) is 1.75. The first kappa shape index (κ1) is 22.4. The van der Waals surface area contributed by atoms with Gasteiger partial charge in [0.15, 0.2) is 5.96 Å². The minimum absolute atomic E-state index is 0.235. The van der Waals surface area contributed by atoms with E-state index in [-0.39, 0.29) is 11.8 Å². The van der Waals surface area contributed by atoms with E-state index in [2.05, 4.69) is 34.3 Å². The van der Waals surface area contributed by atoms with Gasteiger partial charge in [-0.25, -0.2) is 0 Å². The van der Waals surface area contributed by atoms with Gasteiger partial charge in [-0.3, -0.25) is 9.79 Å². The highest BCUT2D eigenvalue weighted by molar-refractivity contribution is 5.81. The van der Waals surface area contributed by atoms with E-state index in [1.165, 1.54) is 5.56 Å². The van der Waals surface area contributed by atoms with Crippen LogP contribution in [0.5, 0.6) is 5.75 Å². The van der Waals surface area contributed by atoms with Crippen LogP contribution in [-0.4, -0.2) is 50.1 Å². The second-order valence-electron chi connectivity index (χ2n) is 7.66. The molecule has 1 aliphatic rings. The average molecular weight is 421 g/mol. The SMILES string of the molecule is C=CCOc1ccccc1CNC(=NC)NCC1CC(=O)N(CCc2ccccc2)C1. The van der Waals surface area contributed by atoms with Crippen LogP contribution in [0.4, 0.5) is 0 Å². The zero-order chi connectivity index (χ0) is 21.9. The zero-order valence-electron chi connectivity index (χ0n) is 18.2. The summed E-state index contributed by atoms with van der Waals surface area (Å²) in [4.78, 5) is 18.7. The fourth-order valence-corrected chi connectivity index (χ4v) is 3.70. The van der Waals surface area contributed by atoms with Gasteiger partial charge in [-0.05, 0) is 18.1 Å². The molecule has 0 spiro atoms. The van der Waals surface area contributed by atoms with Gasteiger partial charge in [0.2, 0.25) is 5.91 Å². The number of hydrogen-bond acceptors (Lipinski definition) is 3. The van der Waals surface area contributed by atoms with Gasteiger partial charge in [0.1, 0.15) is 12.4 Å². The molecule has 1 saturated heterocycles. The topological polar surface area (TPSA) is 66.0 Å². The minimum atomic E-state index is 0.235. The van der Waals surface area contributed by atoms with Crippen molar-refractivity contribution in [2.45, 2.75) is 19.4 Å². The van der Waals surface area contributed by atoms with Gasteiger partial charge in [0.05, 0.1) is 0 Å². The Balaban J connectivity index is 1.43. The molecule has 6 nitrogen and oxygen atoms in total. The quantitative estimate of drug-likeness (QED) is 0.352. The van der Waals surface area contributed by atoms with Crippen molar-refractivity contribution in [3.63, 3.8) is 0 Å². The first-order valence-corrected chi connectivity index (χ1v) is 10.8. The number of carbonyl (C=O) groups is 1. The van der Waals surface area contributed by atoms with Gasteiger partial charge in [-0.1, -0.05) is 61.2 Å². The Morgan fingerprint density at radius 2 is 1.97 bits per heavy atom. The first-order chi connectivity index (χ1) is 15.2. The van der Waals surface area contributed by atoms with Crippen LogP contribution in [0.3, 0.4) is 0 Å². The van der Waals surface area contributed by atoms with Crippen molar-refractivity contribution in [1.29, 1.82) is 0 Å². The first-order valence-electron chi connectivity index (χ1n) is 10.8. The summed E-state index contributed by atoms with van der Waals surface area (Å²) < 4.78 is 5.71. The lowest BCUT2D eigenvalue weighted by molar-refractivity contribution is -0.127. The number of carbonyl (C=O) groups excluding carboxylic acids is 1. The molecular weight excluding hydrogens is 388 g/mol. The van der Waals surface area contributed by atoms with Crippen LogP contribution in [0, 0.1) is 5.92 Å². The third kappa shape index (κ3) is 6.88. The third-order valence-electron chi connectivity index (χ3n) is 5.37. The van der Waals surface area contributed by atoms with E-state index in [4.69, 9.17) is 4.74 Å². The van der Waals surface area contributed by atoms with Crippen LogP contribution in [0.15, 0.2) is 72.2 Å². The van der Waals surface area contributed by atoms with Crippen molar-refractivity contribution in [2.75, 3.05) is 33.3 Å². The molecule has 1 fully saturated rings. The molecule has 1 amide bonds. The highest BCUT2D eigenvalue weighted by Crippen LogP contribution is 2.19. The molecule has 0 radical (unpaired) electrons. The molecule has 3 rings (SSSR count). The van der Waals surface area contributed by atoms with Crippen LogP contribution in [0.1, 0.15) is 17.5 Å². The second kappa shape index (κ2) is 11.8. The summed E-state index contributed by atoms with van der Waals surface area (Å²) in [5.41, 5.74) is 2.31. The van der Waals surface area contributed by atoms with Gasteiger partial charge in [-0.2, -0.15) is 0 Å². The summed E-state index contributed by atoms with van der Waals surface area (Å²) >= 11 is 0. The highest BCUT2D eigenvalue weighted by Gasteiger charge is 2.29. The van der Waals surface area contributed by atoms with E-state index in [9.17, 15) is 4.79 Å². The predicted molar refractivity (Wildman–Crippen MR) is 125 cm³/mol. The van der Waals surface area contributed by atoms with Crippen LogP contribution in [0.25, 0.3) is 0 Å². The summed E-state index contributed by atoms with van der Waals surface area (Å²) in [6.45, 7) is 7.03. The normalized spacial score (nSPS) is 16.3. The molecule has 1 heterocycles. The number of para-hydroxylation sites is 1. The van der Waals surface area contributed by atoms with Crippen molar-refractivity contribution in [2.24, 2.45) is 10.9 Å². The molecular formula is C25H32N4O2. The number of rotatable bonds is 10. The Kier molecular flexibility index (Phi) is 8.52. The summed E-state index contributed by atoms with van der Waals surface area (Å²) in [6, 6.07) is 18.2. The van der Waals surface area contributed by atoms with Crippen molar-refractivity contribution in [3.8, 4) is 5.75 Å². The van der Waals surface area contributed by atoms with Gasteiger partial charge in [-0.15, -0.1) is 0 Å². The molecule has 2 aromatic carbocycles. The molecule has 6 heteroatoms. The molecule has 0 aliphatic carbocycles. The molecule has 1 aliphatic heterocycles. The molecule has 31 heavy (non-hydrogen) atoms. The fraction of sp³-hybridized carbons (Fsp3) is 0.360. The number of benzene rings is 2. The van der Waals surface area contributed by atoms with Gasteiger partial charge < -0.3 is 20.3 Å². The van der Waals surface area contributed by atoms with Gasteiger partial charge >= 0.3 is 0 Å². The van der Waals surface area contributed by atoms with E-state index >= 15 is 0 Å².